The Morgan fingerprint density at radius 2 is 2.14 bits per heavy atom. The van der Waals surface area contributed by atoms with Crippen LogP contribution >= 0.6 is 15.9 Å². The van der Waals surface area contributed by atoms with Crippen molar-refractivity contribution in [1.29, 1.82) is 0 Å². The van der Waals surface area contributed by atoms with Gasteiger partial charge in [-0.15, -0.1) is 0 Å². The molecule has 1 heterocycles. The predicted octanol–water partition coefficient (Wildman–Crippen LogP) is 3.87. The molecule has 1 aliphatic rings. The van der Waals surface area contributed by atoms with Crippen LogP contribution in [0.1, 0.15) is 37.1 Å². The van der Waals surface area contributed by atoms with Crippen LogP contribution in [0, 0.1) is 12.8 Å². The minimum Gasteiger partial charge on any atom is -0.339 e. The number of aromatic nitrogens is 2. The van der Waals surface area contributed by atoms with Crippen molar-refractivity contribution in [2.45, 2.75) is 45.1 Å². The minimum atomic E-state index is 0.127. The lowest BCUT2D eigenvalue weighted by Gasteiger charge is -2.16. The van der Waals surface area contributed by atoms with E-state index in [4.69, 9.17) is 10.3 Å². The van der Waals surface area contributed by atoms with Gasteiger partial charge in [-0.1, -0.05) is 40.0 Å². The molecule has 0 spiro atoms. The first kappa shape index (κ1) is 14.7. The molecule has 1 unspecified atom stereocenters. The highest BCUT2D eigenvalue weighted by atomic mass is 79.9. The second kappa shape index (κ2) is 6.28. The first-order valence-electron chi connectivity index (χ1n) is 7.48. The van der Waals surface area contributed by atoms with Crippen LogP contribution in [0.25, 0.3) is 11.4 Å². The van der Waals surface area contributed by atoms with Gasteiger partial charge in [0.1, 0.15) is 0 Å². The molecule has 1 atom stereocenters. The fourth-order valence-electron chi connectivity index (χ4n) is 3.00. The summed E-state index contributed by atoms with van der Waals surface area (Å²) in [5.41, 5.74) is 8.41. The topological polar surface area (TPSA) is 64.9 Å². The molecule has 1 aromatic heterocycles. The van der Waals surface area contributed by atoms with Gasteiger partial charge in [0.2, 0.25) is 11.7 Å². The molecule has 1 aromatic carbocycles. The van der Waals surface area contributed by atoms with Gasteiger partial charge in [-0.3, -0.25) is 0 Å². The standard InChI is InChI=1S/C16H20BrN3O/c1-10-6-7-12(13(17)8-10)16-19-15(21-20-16)9-14(18)11-4-2-3-5-11/h6-8,11,14H,2-5,9,18H2,1H3. The highest BCUT2D eigenvalue weighted by Crippen LogP contribution is 2.29. The Hall–Kier alpha value is -1.20. The second-order valence-corrected chi connectivity index (χ2v) is 6.76. The number of aryl methyl sites for hydroxylation is 1. The Balaban J connectivity index is 1.73. The van der Waals surface area contributed by atoms with Crippen LogP contribution in [-0.4, -0.2) is 16.2 Å². The third-order valence-electron chi connectivity index (χ3n) is 4.25. The van der Waals surface area contributed by atoms with Crippen LogP contribution < -0.4 is 5.73 Å². The van der Waals surface area contributed by atoms with E-state index in [-0.39, 0.29) is 6.04 Å². The third-order valence-corrected chi connectivity index (χ3v) is 4.91. The zero-order valence-electron chi connectivity index (χ0n) is 12.2. The van der Waals surface area contributed by atoms with E-state index in [1.807, 2.05) is 12.1 Å². The fourth-order valence-corrected chi connectivity index (χ4v) is 3.67. The maximum Gasteiger partial charge on any atom is 0.228 e. The first-order valence-corrected chi connectivity index (χ1v) is 8.27. The zero-order chi connectivity index (χ0) is 14.8. The van der Waals surface area contributed by atoms with Crippen molar-refractivity contribution in [3.05, 3.63) is 34.1 Å². The van der Waals surface area contributed by atoms with E-state index in [9.17, 15) is 0 Å². The molecule has 3 rings (SSSR count). The SMILES string of the molecule is Cc1ccc(-c2noc(CC(N)C3CCCC3)n2)c(Br)c1. The lowest BCUT2D eigenvalue weighted by molar-refractivity contribution is 0.341. The number of nitrogens with zero attached hydrogens (tertiary/aromatic N) is 2. The van der Waals surface area contributed by atoms with E-state index in [1.165, 1.54) is 31.2 Å². The quantitative estimate of drug-likeness (QED) is 0.909. The summed E-state index contributed by atoms with van der Waals surface area (Å²) in [7, 11) is 0. The summed E-state index contributed by atoms with van der Waals surface area (Å²) in [5.74, 6) is 1.86. The molecule has 0 aliphatic heterocycles. The molecule has 0 bridgehead atoms. The van der Waals surface area contributed by atoms with Gasteiger partial charge in [0.25, 0.3) is 0 Å². The van der Waals surface area contributed by atoms with Crippen LogP contribution in [0.4, 0.5) is 0 Å². The summed E-state index contributed by atoms with van der Waals surface area (Å²) >= 11 is 3.55. The summed E-state index contributed by atoms with van der Waals surface area (Å²) in [5, 5.41) is 4.08. The summed E-state index contributed by atoms with van der Waals surface area (Å²) in [6, 6.07) is 6.23. The summed E-state index contributed by atoms with van der Waals surface area (Å²) in [6.45, 7) is 2.05. The molecule has 2 N–H and O–H groups in total. The first-order chi connectivity index (χ1) is 10.1. The maximum atomic E-state index is 6.27. The Morgan fingerprint density at radius 3 is 2.86 bits per heavy atom. The highest BCUT2D eigenvalue weighted by Gasteiger charge is 2.24. The Kier molecular flexibility index (Phi) is 4.40. The van der Waals surface area contributed by atoms with Crippen LogP contribution in [0.15, 0.2) is 27.2 Å². The van der Waals surface area contributed by atoms with Gasteiger partial charge in [0.15, 0.2) is 0 Å². The molecule has 1 saturated carbocycles. The Bertz CT molecular complexity index is 620. The molecule has 1 fully saturated rings. The van der Waals surface area contributed by atoms with Gasteiger partial charge in [-0.25, -0.2) is 0 Å². The van der Waals surface area contributed by atoms with E-state index in [1.54, 1.807) is 0 Å². The third kappa shape index (κ3) is 3.35. The van der Waals surface area contributed by atoms with Gasteiger partial charge in [-0.2, -0.15) is 4.98 Å². The van der Waals surface area contributed by atoms with E-state index >= 15 is 0 Å². The van der Waals surface area contributed by atoms with Crippen molar-refractivity contribution in [3.8, 4) is 11.4 Å². The van der Waals surface area contributed by atoms with Crippen molar-refractivity contribution in [1.82, 2.24) is 10.1 Å². The zero-order valence-corrected chi connectivity index (χ0v) is 13.8. The molecule has 112 valence electrons. The largest absolute Gasteiger partial charge is 0.339 e. The van der Waals surface area contributed by atoms with E-state index < -0.39 is 0 Å². The van der Waals surface area contributed by atoms with Crippen molar-refractivity contribution in [2.75, 3.05) is 0 Å². The normalized spacial score (nSPS) is 17.3. The van der Waals surface area contributed by atoms with Crippen LogP contribution in [0.3, 0.4) is 0 Å². The van der Waals surface area contributed by atoms with E-state index in [2.05, 4.69) is 39.1 Å². The van der Waals surface area contributed by atoms with Gasteiger partial charge in [-0.05, 0) is 43.4 Å². The van der Waals surface area contributed by atoms with Crippen LogP contribution in [0.5, 0.6) is 0 Å². The molecule has 0 saturated heterocycles. The summed E-state index contributed by atoms with van der Waals surface area (Å²) < 4.78 is 6.35. The van der Waals surface area contributed by atoms with Gasteiger partial charge in [0, 0.05) is 22.5 Å². The molecule has 4 nitrogen and oxygen atoms in total. The number of halogens is 1. The van der Waals surface area contributed by atoms with E-state index in [0.29, 0.717) is 24.1 Å². The molecule has 0 radical (unpaired) electrons. The molecule has 5 heteroatoms. The van der Waals surface area contributed by atoms with Gasteiger partial charge < -0.3 is 10.3 Å². The molecule has 2 aromatic rings. The fraction of sp³-hybridized carbons (Fsp3) is 0.500. The summed E-state index contributed by atoms with van der Waals surface area (Å²) in [4.78, 5) is 4.49. The Labute approximate surface area is 133 Å². The van der Waals surface area contributed by atoms with Crippen LogP contribution in [0.2, 0.25) is 0 Å². The number of benzene rings is 1. The maximum absolute atomic E-state index is 6.27. The molecule has 1 aliphatic carbocycles. The minimum absolute atomic E-state index is 0.127. The second-order valence-electron chi connectivity index (χ2n) is 5.91. The monoisotopic (exact) mass is 349 g/mol. The van der Waals surface area contributed by atoms with Crippen molar-refractivity contribution >= 4 is 15.9 Å². The smallest absolute Gasteiger partial charge is 0.228 e. The summed E-state index contributed by atoms with van der Waals surface area (Å²) in [6.07, 6.45) is 5.71. The number of hydrogen-bond acceptors (Lipinski definition) is 4. The number of rotatable bonds is 4. The molecular weight excluding hydrogens is 330 g/mol. The Morgan fingerprint density at radius 1 is 1.38 bits per heavy atom. The number of hydrogen-bond donors (Lipinski definition) is 1. The van der Waals surface area contributed by atoms with Crippen molar-refractivity contribution in [3.63, 3.8) is 0 Å². The predicted molar refractivity (Wildman–Crippen MR) is 85.8 cm³/mol. The van der Waals surface area contributed by atoms with Crippen molar-refractivity contribution < 1.29 is 4.52 Å². The lowest BCUT2D eigenvalue weighted by atomic mass is 9.96. The highest BCUT2D eigenvalue weighted by molar-refractivity contribution is 9.10. The van der Waals surface area contributed by atoms with Gasteiger partial charge in [0.05, 0.1) is 0 Å². The average molecular weight is 350 g/mol. The van der Waals surface area contributed by atoms with Gasteiger partial charge >= 0.3 is 0 Å². The molecule has 21 heavy (non-hydrogen) atoms. The number of nitrogens with two attached hydrogens (primary N) is 1. The van der Waals surface area contributed by atoms with Crippen molar-refractivity contribution in [2.24, 2.45) is 11.7 Å². The average Bonchev–Trinajstić information content (AvgIpc) is 3.09. The molecular formula is C16H20BrN3O. The lowest BCUT2D eigenvalue weighted by Crippen LogP contribution is -2.30. The molecule has 0 amide bonds. The van der Waals surface area contributed by atoms with Crippen LogP contribution in [-0.2, 0) is 6.42 Å². The van der Waals surface area contributed by atoms with E-state index in [0.717, 1.165) is 10.0 Å².